The second-order valence-electron chi connectivity index (χ2n) is 3.81. The van der Waals surface area contributed by atoms with Crippen LogP contribution in [0.15, 0.2) is 16.8 Å². The molecule has 0 aliphatic heterocycles. The maximum absolute atomic E-state index is 5.83. The number of hydrogen-bond donors (Lipinski definition) is 2. The van der Waals surface area contributed by atoms with Crippen molar-refractivity contribution in [1.29, 1.82) is 0 Å². The molecule has 0 radical (unpaired) electrons. The Hall–Kier alpha value is -0.380. The largest absolute Gasteiger partial charge is 0.327 e. The Kier molecular flexibility index (Phi) is 5.15. The molecule has 2 atom stereocenters. The summed E-state index contributed by atoms with van der Waals surface area (Å²) in [4.78, 5) is 0. The van der Waals surface area contributed by atoms with Gasteiger partial charge in [-0.2, -0.15) is 11.3 Å². The van der Waals surface area contributed by atoms with Crippen molar-refractivity contribution in [1.82, 2.24) is 5.32 Å². The van der Waals surface area contributed by atoms with E-state index in [1.165, 1.54) is 5.56 Å². The van der Waals surface area contributed by atoms with Gasteiger partial charge in [0.2, 0.25) is 0 Å². The van der Waals surface area contributed by atoms with Crippen molar-refractivity contribution >= 4 is 11.3 Å². The lowest BCUT2D eigenvalue weighted by Gasteiger charge is -2.16. The Morgan fingerprint density at radius 1 is 1.57 bits per heavy atom. The Bertz CT molecular complexity index is 233. The summed E-state index contributed by atoms with van der Waals surface area (Å²) in [7, 11) is 0. The van der Waals surface area contributed by atoms with Gasteiger partial charge in [0.15, 0.2) is 0 Å². The number of thiophene rings is 1. The van der Waals surface area contributed by atoms with E-state index in [1.807, 2.05) is 0 Å². The summed E-state index contributed by atoms with van der Waals surface area (Å²) >= 11 is 1.76. The van der Waals surface area contributed by atoms with E-state index in [0.29, 0.717) is 12.1 Å². The predicted octanol–water partition coefficient (Wildman–Crippen LogP) is 2.01. The first kappa shape index (κ1) is 11.7. The van der Waals surface area contributed by atoms with E-state index < -0.39 is 0 Å². The first-order valence-electron chi connectivity index (χ1n) is 5.22. The zero-order valence-corrected chi connectivity index (χ0v) is 9.81. The molecule has 0 amide bonds. The van der Waals surface area contributed by atoms with E-state index in [2.05, 4.69) is 36.0 Å². The molecule has 1 heterocycles. The van der Waals surface area contributed by atoms with Gasteiger partial charge in [-0.1, -0.05) is 6.92 Å². The van der Waals surface area contributed by atoms with Crippen molar-refractivity contribution < 1.29 is 0 Å². The van der Waals surface area contributed by atoms with Crippen LogP contribution in [-0.4, -0.2) is 18.6 Å². The standard InChI is InChI=1S/C11H20N2S/c1-3-11(12)7-13-9(2)6-10-4-5-14-8-10/h4-5,8-9,11,13H,3,6-7,12H2,1-2H3. The number of hydrogen-bond acceptors (Lipinski definition) is 3. The Labute approximate surface area is 90.5 Å². The molecule has 0 saturated heterocycles. The first-order valence-corrected chi connectivity index (χ1v) is 6.16. The van der Waals surface area contributed by atoms with Crippen LogP contribution in [0.4, 0.5) is 0 Å². The molecule has 80 valence electrons. The summed E-state index contributed by atoms with van der Waals surface area (Å²) < 4.78 is 0. The topological polar surface area (TPSA) is 38.0 Å². The van der Waals surface area contributed by atoms with Gasteiger partial charge in [0, 0.05) is 18.6 Å². The average Bonchev–Trinajstić information content (AvgIpc) is 2.66. The molecule has 1 rings (SSSR count). The average molecular weight is 212 g/mol. The maximum Gasteiger partial charge on any atom is 0.0162 e. The summed E-state index contributed by atoms with van der Waals surface area (Å²) in [5, 5.41) is 7.78. The van der Waals surface area contributed by atoms with Crippen molar-refractivity contribution in [3.63, 3.8) is 0 Å². The predicted molar refractivity (Wildman–Crippen MR) is 63.8 cm³/mol. The number of nitrogens with one attached hydrogen (secondary N) is 1. The van der Waals surface area contributed by atoms with Gasteiger partial charge < -0.3 is 11.1 Å². The highest BCUT2D eigenvalue weighted by Crippen LogP contribution is 2.08. The molecule has 0 aliphatic carbocycles. The monoisotopic (exact) mass is 212 g/mol. The maximum atomic E-state index is 5.83. The summed E-state index contributed by atoms with van der Waals surface area (Å²) in [6.07, 6.45) is 2.14. The molecule has 3 heteroatoms. The van der Waals surface area contributed by atoms with Crippen LogP contribution in [0.1, 0.15) is 25.8 Å². The van der Waals surface area contributed by atoms with Gasteiger partial charge in [0.1, 0.15) is 0 Å². The number of rotatable bonds is 6. The van der Waals surface area contributed by atoms with Crippen molar-refractivity contribution in [3.05, 3.63) is 22.4 Å². The Morgan fingerprint density at radius 3 is 2.93 bits per heavy atom. The van der Waals surface area contributed by atoms with Gasteiger partial charge in [-0.25, -0.2) is 0 Å². The highest BCUT2D eigenvalue weighted by atomic mass is 32.1. The fourth-order valence-electron chi connectivity index (χ4n) is 1.33. The van der Waals surface area contributed by atoms with Gasteiger partial charge in [-0.15, -0.1) is 0 Å². The molecular weight excluding hydrogens is 192 g/mol. The van der Waals surface area contributed by atoms with Crippen LogP contribution >= 0.6 is 11.3 Å². The molecule has 1 aromatic heterocycles. The van der Waals surface area contributed by atoms with Gasteiger partial charge >= 0.3 is 0 Å². The normalized spacial score (nSPS) is 15.4. The molecule has 2 unspecified atom stereocenters. The molecule has 0 fully saturated rings. The fourth-order valence-corrected chi connectivity index (χ4v) is 2.01. The van der Waals surface area contributed by atoms with Crippen LogP contribution in [0.2, 0.25) is 0 Å². The zero-order valence-electron chi connectivity index (χ0n) is 8.99. The van der Waals surface area contributed by atoms with Gasteiger partial charge in [-0.05, 0) is 42.2 Å². The van der Waals surface area contributed by atoms with Crippen molar-refractivity contribution in [2.75, 3.05) is 6.54 Å². The van der Waals surface area contributed by atoms with E-state index in [1.54, 1.807) is 11.3 Å². The van der Waals surface area contributed by atoms with Gasteiger partial charge in [0.25, 0.3) is 0 Å². The van der Waals surface area contributed by atoms with Crippen molar-refractivity contribution in [3.8, 4) is 0 Å². The van der Waals surface area contributed by atoms with Crippen LogP contribution < -0.4 is 11.1 Å². The van der Waals surface area contributed by atoms with E-state index in [-0.39, 0.29) is 0 Å². The summed E-state index contributed by atoms with van der Waals surface area (Å²) in [6, 6.07) is 2.99. The Morgan fingerprint density at radius 2 is 2.36 bits per heavy atom. The quantitative estimate of drug-likeness (QED) is 0.757. The molecule has 0 aromatic carbocycles. The summed E-state index contributed by atoms with van der Waals surface area (Å²) in [6.45, 7) is 5.25. The molecule has 3 N–H and O–H groups in total. The van der Waals surface area contributed by atoms with Crippen LogP contribution in [-0.2, 0) is 6.42 Å². The smallest absolute Gasteiger partial charge is 0.0162 e. The Balaban J connectivity index is 2.19. The fraction of sp³-hybridized carbons (Fsp3) is 0.636. The molecule has 0 saturated carbocycles. The molecule has 0 spiro atoms. The molecule has 2 nitrogen and oxygen atoms in total. The lowest BCUT2D eigenvalue weighted by Crippen LogP contribution is -2.38. The third-order valence-electron chi connectivity index (χ3n) is 2.37. The van der Waals surface area contributed by atoms with E-state index in [4.69, 9.17) is 5.73 Å². The highest BCUT2D eigenvalue weighted by molar-refractivity contribution is 7.07. The lowest BCUT2D eigenvalue weighted by atomic mass is 10.1. The van der Waals surface area contributed by atoms with Crippen molar-refractivity contribution in [2.45, 2.75) is 38.8 Å². The third-order valence-corrected chi connectivity index (χ3v) is 3.11. The zero-order chi connectivity index (χ0) is 10.4. The minimum atomic E-state index is 0.292. The van der Waals surface area contributed by atoms with Crippen molar-refractivity contribution in [2.24, 2.45) is 5.73 Å². The van der Waals surface area contributed by atoms with E-state index >= 15 is 0 Å². The van der Waals surface area contributed by atoms with Crippen LogP contribution in [0.25, 0.3) is 0 Å². The third kappa shape index (κ3) is 4.22. The lowest BCUT2D eigenvalue weighted by molar-refractivity contribution is 0.493. The second-order valence-corrected chi connectivity index (χ2v) is 4.59. The second kappa shape index (κ2) is 6.17. The molecule has 1 aromatic rings. The minimum absolute atomic E-state index is 0.292. The number of nitrogens with two attached hydrogens (primary N) is 1. The first-order chi connectivity index (χ1) is 6.72. The minimum Gasteiger partial charge on any atom is -0.327 e. The molecular formula is C11H20N2S. The van der Waals surface area contributed by atoms with E-state index in [9.17, 15) is 0 Å². The molecule has 14 heavy (non-hydrogen) atoms. The summed E-state index contributed by atoms with van der Waals surface area (Å²) in [5.74, 6) is 0. The summed E-state index contributed by atoms with van der Waals surface area (Å²) in [5.41, 5.74) is 7.25. The van der Waals surface area contributed by atoms with E-state index in [0.717, 1.165) is 19.4 Å². The molecule has 0 aliphatic rings. The van der Waals surface area contributed by atoms with Crippen LogP contribution in [0.5, 0.6) is 0 Å². The van der Waals surface area contributed by atoms with Gasteiger partial charge in [0.05, 0.1) is 0 Å². The SMILES string of the molecule is CCC(N)CNC(C)Cc1ccsc1. The molecule has 0 bridgehead atoms. The van der Waals surface area contributed by atoms with Gasteiger partial charge in [-0.3, -0.25) is 0 Å². The van der Waals surface area contributed by atoms with Crippen LogP contribution in [0.3, 0.4) is 0 Å². The highest BCUT2D eigenvalue weighted by Gasteiger charge is 2.05. The van der Waals surface area contributed by atoms with Crippen LogP contribution in [0, 0.1) is 0 Å².